The van der Waals surface area contributed by atoms with E-state index in [1.54, 1.807) is 0 Å². The van der Waals surface area contributed by atoms with Gasteiger partial charge in [-0.15, -0.1) is 0 Å². The van der Waals surface area contributed by atoms with Crippen molar-refractivity contribution in [2.24, 2.45) is 0 Å². The minimum absolute atomic E-state index is 0.0556. The third-order valence-corrected chi connectivity index (χ3v) is 2.62. The van der Waals surface area contributed by atoms with Gasteiger partial charge in [0.25, 0.3) is 0 Å². The maximum Gasteiger partial charge on any atom is 0.335 e. The summed E-state index contributed by atoms with van der Waals surface area (Å²) in [6.45, 7) is 3.31. The second-order valence-corrected chi connectivity index (χ2v) is 3.92. The Balaban J connectivity index is 2.86. The summed E-state index contributed by atoms with van der Waals surface area (Å²) in [5.41, 5.74) is 0.113. The normalized spacial score (nSPS) is 9.80. The van der Waals surface area contributed by atoms with Gasteiger partial charge in [-0.2, -0.15) is 0 Å². The van der Waals surface area contributed by atoms with Crippen molar-refractivity contribution < 1.29 is 29.3 Å². The number of aromatic carboxylic acids is 2. The molecular formula is C14H14O6. The lowest BCUT2D eigenvalue weighted by molar-refractivity contribution is -0.137. The average Bonchev–Trinajstić information content (AvgIpc) is 2.42. The first-order valence-electron chi connectivity index (χ1n) is 5.85. The lowest BCUT2D eigenvalue weighted by Crippen LogP contribution is -2.11. The van der Waals surface area contributed by atoms with Crippen LogP contribution in [0.15, 0.2) is 30.9 Å². The van der Waals surface area contributed by atoms with Crippen LogP contribution in [-0.2, 0) is 16.0 Å². The zero-order chi connectivity index (χ0) is 15.1. The van der Waals surface area contributed by atoms with Gasteiger partial charge in [0.2, 0.25) is 0 Å². The summed E-state index contributed by atoms with van der Waals surface area (Å²) < 4.78 is 4.76. The van der Waals surface area contributed by atoms with E-state index < -0.39 is 17.9 Å². The molecule has 0 amide bonds. The first-order valence-corrected chi connectivity index (χ1v) is 5.85. The van der Waals surface area contributed by atoms with Gasteiger partial charge < -0.3 is 14.9 Å². The van der Waals surface area contributed by atoms with E-state index in [9.17, 15) is 14.4 Å². The van der Waals surface area contributed by atoms with Crippen molar-refractivity contribution in [2.45, 2.75) is 12.8 Å². The van der Waals surface area contributed by atoms with Crippen molar-refractivity contribution >= 4 is 17.9 Å². The molecule has 0 aliphatic carbocycles. The second kappa shape index (κ2) is 7.08. The van der Waals surface area contributed by atoms with E-state index in [0.717, 1.165) is 6.08 Å². The largest absolute Gasteiger partial charge is 0.478 e. The van der Waals surface area contributed by atoms with Crippen LogP contribution in [0.25, 0.3) is 0 Å². The van der Waals surface area contributed by atoms with Crippen molar-refractivity contribution in [1.29, 1.82) is 0 Å². The van der Waals surface area contributed by atoms with E-state index in [2.05, 4.69) is 6.58 Å². The van der Waals surface area contributed by atoms with Crippen LogP contribution in [0.1, 0.15) is 32.7 Å². The highest BCUT2D eigenvalue weighted by Crippen LogP contribution is 2.17. The smallest absolute Gasteiger partial charge is 0.335 e. The molecular weight excluding hydrogens is 264 g/mol. The van der Waals surface area contributed by atoms with E-state index in [4.69, 9.17) is 14.9 Å². The van der Waals surface area contributed by atoms with E-state index in [1.807, 2.05) is 0 Å². The van der Waals surface area contributed by atoms with Gasteiger partial charge in [-0.25, -0.2) is 14.4 Å². The van der Waals surface area contributed by atoms with Gasteiger partial charge >= 0.3 is 17.9 Å². The predicted molar refractivity (Wildman–Crippen MR) is 69.8 cm³/mol. The Bertz CT molecular complexity index is 514. The van der Waals surface area contributed by atoms with E-state index >= 15 is 0 Å². The number of ether oxygens (including phenoxy) is 1. The topological polar surface area (TPSA) is 101 Å². The lowest BCUT2D eigenvalue weighted by atomic mass is 9.97. The van der Waals surface area contributed by atoms with Crippen LogP contribution in [0.4, 0.5) is 0 Å². The zero-order valence-corrected chi connectivity index (χ0v) is 10.7. The molecule has 6 heteroatoms. The highest BCUT2D eigenvalue weighted by molar-refractivity contribution is 5.96. The molecule has 0 heterocycles. The molecule has 106 valence electrons. The number of hydrogen-bond donors (Lipinski definition) is 2. The highest BCUT2D eigenvalue weighted by Gasteiger charge is 2.17. The summed E-state index contributed by atoms with van der Waals surface area (Å²) in [6.07, 6.45) is 1.53. The Kier molecular flexibility index (Phi) is 5.46. The first-order chi connectivity index (χ1) is 9.47. The Labute approximate surface area is 115 Å². The third kappa shape index (κ3) is 3.94. The summed E-state index contributed by atoms with van der Waals surface area (Å²) in [4.78, 5) is 33.0. The van der Waals surface area contributed by atoms with Crippen molar-refractivity contribution in [3.05, 3.63) is 47.5 Å². The van der Waals surface area contributed by atoms with Gasteiger partial charge in [-0.1, -0.05) is 12.6 Å². The molecule has 6 nitrogen and oxygen atoms in total. The number of carboxylic acids is 2. The number of carbonyl (C=O) groups is 3. The summed E-state index contributed by atoms with van der Waals surface area (Å²) in [5.74, 6) is -2.95. The van der Waals surface area contributed by atoms with Crippen LogP contribution in [0.3, 0.4) is 0 Å². The molecule has 1 rings (SSSR count). The lowest BCUT2D eigenvalue weighted by Gasteiger charge is -2.09. The van der Waals surface area contributed by atoms with Gasteiger partial charge in [0.05, 0.1) is 17.7 Å². The van der Waals surface area contributed by atoms with Crippen molar-refractivity contribution in [3.63, 3.8) is 0 Å². The minimum atomic E-state index is -1.19. The SMILES string of the molecule is C=CC(=O)OCCCc1c(C(=O)O)cccc1C(=O)O. The van der Waals surface area contributed by atoms with E-state index in [-0.39, 0.29) is 29.7 Å². The van der Waals surface area contributed by atoms with Crippen LogP contribution in [0, 0.1) is 0 Å². The fraction of sp³-hybridized carbons (Fsp3) is 0.214. The molecule has 0 bridgehead atoms. The number of esters is 1. The number of carbonyl (C=O) groups excluding carboxylic acids is 1. The fourth-order valence-corrected chi connectivity index (χ4v) is 1.74. The molecule has 0 aliphatic rings. The van der Waals surface area contributed by atoms with E-state index in [0.29, 0.717) is 6.42 Å². The van der Waals surface area contributed by atoms with Gasteiger partial charge in [0.15, 0.2) is 0 Å². The quantitative estimate of drug-likeness (QED) is 0.447. The maximum absolute atomic E-state index is 11.1. The molecule has 0 aliphatic heterocycles. The van der Waals surface area contributed by atoms with Crippen molar-refractivity contribution in [2.75, 3.05) is 6.61 Å². The highest BCUT2D eigenvalue weighted by atomic mass is 16.5. The summed E-state index contributed by atoms with van der Waals surface area (Å²) in [5, 5.41) is 18.1. The monoisotopic (exact) mass is 278 g/mol. The molecule has 0 radical (unpaired) electrons. The van der Waals surface area contributed by atoms with Gasteiger partial charge in [0.1, 0.15) is 0 Å². The molecule has 0 saturated heterocycles. The van der Waals surface area contributed by atoms with Gasteiger partial charge in [0, 0.05) is 6.08 Å². The van der Waals surface area contributed by atoms with Gasteiger partial charge in [-0.05, 0) is 30.5 Å². The summed E-state index contributed by atoms with van der Waals surface area (Å²) in [7, 11) is 0. The molecule has 1 aromatic rings. The minimum Gasteiger partial charge on any atom is -0.478 e. The van der Waals surface area contributed by atoms with Crippen molar-refractivity contribution in [1.82, 2.24) is 0 Å². The zero-order valence-electron chi connectivity index (χ0n) is 10.7. The number of benzene rings is 1. The molecule has 0 fully saturated rings. The molecule has 0 atom stereocenters. The predicted octanol–water partition coefficient (Wildman–Crippen LogP) is 1.74. The Morgan fingerprint density at radius 3 is 2.15 bits per heavy atom. The Morgan fingerprint density at radius 2 is 1.70 bits per heavy atom. The number of hydrogen-bond acceptors (Lipinski definition) is 4. The van der Waals surface area contributed by atoms with Crippen LogP contribution >= 0.6 is 0 Å². The molecule has 0 saturated carbocycles. The molecule has 0 unspecified atom stereocenters. The molecule has 20 heavy (non-hydrogen) atoms. The van der Waals surface area contributed by atoms with Crippen LogP contribution < -0.4 is 0 Å². The molecule has 1 aromatic carbocycles. The molecule has 0 spiro atoms. The molecule has 0 aromatic heterocycles. The Hall–Kier alpha value is -2.63. The number of carboxylic acid groups (broad SMARTS) is 2. The first kappa shape index (κ1) is 15.4. The third-order valence-electron chi connectivity index (χ3n) is 2.62. The standard InChI is InChI=1S/C14H14O6/c1-2-12(15)20-8-4-7-9-10(13(16)17)5-3-6-11(9)14(18)19/h2-3,5-6H,1,4,7-8H2,(H,16,17)(H,18,19). The summed E-state index contributed by atoms with van der Waals surface area (Å²) >= 11 is 0. The molecule has 2 N–H and O–H groups in total. The fourth-order valence-electron chi connectivity index (χ4n) is 1.74. The van der Waals surface area contributed by atoms with Crippen LogP contribution in [0.5, 0.6) is 0 Å². The average molecular weight is 278 g/mol. The second-order valence-electron chi connectivity index (χ2n) is 3.92. The summed E-state index contributed by atoms with van der Waals surface area (Å²) in [6, 6.07) is 4.08. The van der Waals surface area contributed by atoms with E-state index in [1.165, 1.54) is 18.2 Å². The maximum atomic E-state index is 11.1. The van der Waals surface area contributed by atoms with Gasteiger partial charge in [-0.3, -0.25) is 0 Å². The van der Waals surface area contributed by atoms with Crippen LogP contribution in [-0.4, -0.2) is 34.7 Å². The van der Waals surface area contributed by atoms with Crippen molar-refractivity contribution in [3.8, 4) is 0 Å². The Morgan fingerprint density at radius 1 is 1.15 bits per heavy atom. The van der Waals surface area contributed by atoms with Crippen LogP contribution in [0.2, 0.25) is 0 Å². The number of rotatable bonds is 7.